The molecular formula is C21H24O3S. The van der Waals surface area contributed by atoms with E-state index in [0.717, 1.165) is 39.2 Å². The van der Waals surface area contributed by atoms with Crippen molar-refractivity contribution in [1.82, 2.24) is 0 Å². The summed E-state index contributed by atoms with van der Waals surface area (Å²) in [6.45, 7) is 2.21. The van der Waals surface area contributed by atoms with E-state index in [1.54, 1.807) is 13.2 Å². The number of rotatable bonds is 9. The summed E-state index contributed by atoms with van der Waals surface area (Å²) >= 11 is 1.82. The molecule has 2 aromatic rings. The van der Waals surface area contributed by atoms with Gasteiger partial charge in [-0.3, -0.25) is 0 Å². The maximum atomic E-state index is 10.7. The highest BCUT2D eigenvalue weighted by atomic mass is 32.2. The second kappa shape index (κ2) is 9.94. The number of ether oxygens (including phenoxy) is 1. The Morgan fingerprint density at radius 1 is 1.16 bits per heavy atom. The molecule has 0 heterocycles. The third-order valence-electron chi connectivity index (χ3n) is 3.81. The molecule has 132 valence electrons. The standard InChI is InChI=1S/C21H24O3S/c1-3-4-5-13-25-20-15-18(10-11-19(20)24-2)17-8-6-7-16(14-17)9-12-21(22)23/h6-12,14-15H,3-5,13H2,1-2H3,(H,22,23)/b12-9+. The molecule has 0 atom stereocenters. The third kappa shape index (κ3) is 5.98. The maximum Gasteiger partial charge on any atom is 0.328 e. The highest BCUT2D eigenvalue weighted by molar-refractivity contribution is 7.99. The molecule has 0 unspecified atom stereocenters. The molecule has 0 amide bonds. The molecule has 0 aliphatic rings. The zero-order chi connectivity index (χ0) is 18.1. The molecule has 0 aliphatic heterocycles. The lowest BCUT2D eigenvalue weighted by molar-refractivity contribution is -0.131. The van der Waals surface area contributed by atoms with Crippen LogP contribution in [0, 0.1) is 0 Å². The van der Waals surface area contributed by atoms with Gasteiger partial charge in [0.05, 0.1) is 7.11 Å². The molecule has 2 aromatic carbocycles. The number of unbranched alkanes of at least 4 members (excludes halogenated alkanes) is 2. The summed E-state index contributed by atoms with van der Waals surface area (Å²) in [5.74, 6) is 1.03. The average molecular weight is 356 g/mol. The van der Waals surface area contributed by atoms with E-state index in [1.807, 2.05) is 48.2 Å². The molecule has 1 N–H and O–H groups in total. The van der Waals surface area contributed by atoms with E-state index in [4.69, 9.17) is 9.84 Å². The summed E-state index contributed by atoms with van der Waals surface area (Å²) in [7, 11) is 1.70. The van der Waals surface area contributed by atoms with Gasteiger partial charge in [-0.2, -0.15) is 0 Å². The minimum atomic E-state index is -0.944. The fourth-order valence-electron chi connectivity index (χ4n) is 2.49. The Bertz CT molecular complexity index is 738. The van der Waals surface area contributed by atoms with Gasteiger partial charge in [0.25, 0.3) is 0 Å². The Morgan fingerprint density at radius 3 is 2.68 bits per heavy atom. The van der Waals surface area contributed by atoms with Crippen molar-refractivity contribution in [2.75, 3.05) is 12.9 Å². The van der Waals surface area contributed by atoms with Crippen molar-refractivity contribution < 1.29 is 14.6 Å². The molecule has 2 rings (SSSR count). The molecule has 0 aliphatic carbocycles. The van der Waals surface area contributed by atoms with E-state index in [-0.39, 0.29) is 0 Å². The summed E-state index contributed by atoms with van der Waals surface area (Å²) in [6.07, 6.45) is 6.42. The van der Waals surface area contributed by atoms with Crippen LogP contribution in [0.2, 0.25) is 0 Å². The number of carboxylic acids is 1. The van der Waals surface area contributed by atoms with E-state index in [1.165, 1.54) is 19.3 Å². The first kappa shape index (κ1) is 19.1. The lowest BCUT2D eigenvalue weighted by atomic mass is 10.0. The van der Waals surface area contributed by atoms with Gasteiger partial charge in [-0.15, -0.1) is 11.8 Å². The van der Waals surface area contributed by atoms with Crippen LogP contribution in [-0.4, -0.2) is 23.9 Å². The van der Waals surface area contributed by atoms with Gasteiger partial charge in [0.15, 0.2) is 0 Å². The van der Waals surface area contributed by atoms with Gasteiger partial charge < -0.3 is 9.84 Å². The predicted molar refractivity (Wildman–Crippen MR) is 105 cm³/mol. The number of hydrogen-bond donors (Lipinski definition) is 1. The van der Waals surface area contributed by atoms with E-state index >= 15 is 0 Å². The summed E-state index contributed by atoms with van der Waals surface area (Å²) in [6, 6.07) is 14.0. The normalized spacial score (nSPS) is 11.0. The van der Waals surface area contributed by atoms with Gasteiger partial charge in [-0.1, -0.05) is 44.0 Å². The van der Waals surface area contributed by atoms with Crippen LogP contribution < -0.4 is 4.74 Å². The molecule has 25 heavy (non-hydrogen) atoms. The Morgan fingerprint density at radius 2 is 1.96 bits per heavy atom. The summed E-state index contributed by atoms with van der Waals surface area (Å²) in [5.41, 5.74) is 3.03. The van der Waals surface area contributed by atoms with Crippen LogP contribution >= 0.6 is 11.8 Å². The monoisotopic (exact) mass is 356 g/mol. The van der Waals surface area contributed by atoms with Gasteiger partial charge in [-0.05, 0) is 53.1 Å². The molecule has 3 nitrogen and oxygen atoms in total. The fraction of sp³-hybridized carbons (Fsp3) is 0.286. The van der Waals surface area contributed by atoms with Crippen molar-refractivity contribution in [1.29, 1.82) is 0 Å². The molecule has 4 heteroatoms. The number of carbonyl (C=O) groups is 1. The van der Waals surface area contributed by atoms with Gasteiger partial charge in [0, 0.05) is 11.0 Å². The number of carboxylic acid groups (broad SMARTS) is 1. The Labute approximate surface area is 153 Å². The molecule has 0 saturated carbocycles. The number of aliphatic carboxylic acids is 1. The molecular weight excluding hydrogens is 332 g/mol. The minimum absolute atomic E-state index is 0.868. The van der Waals surface area contributed by atoms with Gasteiger partial charge in [0.2, 0.25) is 0 Å². The van der Waals surface area contributed by atoms with E-state index in [0.29, 0.717) is 0 Å². The predicted octanol–water partition coefficient (Wildman–Crippen LogP) is 5.74. The average Bonchev–Trinajstić information content (AvgIpc) is 2.63. The van der Waals surface area contributed by atoms with Crippen molar-refractivity contribution in [3.05, 3.63) is 54.1 Å². The van der Waals surface area contributed by atoms with E-state index in [9.17, 15) is 4.79 Å². The Kier molecular flexibility index (Phi) is 7.61. The highest BCUT2D eigenvalue weighted by Gasteiger charge is 2.07. The largest absolute Gasteiger partial charge is 0.496 e. The van der Waals surface area contributed by atoms with Crippen molar-refractivity contribution in [2.24, 2.45) is 0 Å². The number of methoxy groups -OCH3 is 1. The molecule has 0 aromatic heterocycles. The fourth-order valence-corrected chi connectivity index (χ4v) is 3.56. The maximum absolute atomic E-state index is 10.7. The van der Waals surface area contributed by atoms with Gasteiger partial charge in [-0.25, -0.2) is 4.79 Å². The lowest BCUT2D eigenvalue weighted by Gasteiger charge is -2.11. The Balaban J connectivity index is 2.23. The summed E-state index contributed by atoms with van der Waals surface area (Å²) < 4.78 is 5.48. The third-order valence-corrected chi connectivity index (χ3v) is 4.93. The van der Waals surface area contributed by atoms with Crippen LogP contribution in [0.25, 0.3) is 17.2 Å². The van der Waals surface area contributed by atoms with Gasteiger partial charge in [0.1, 0.15) is 5.75 Å². The minimum Gasteiger partial charge on any atom is -0.496 e. The van der Waals surface area contributed by atoms with Crippen molar-refractivity contribution >= 4 is 23.8 Å². The summed E-state index contributed by atoms with van der Waals surface area (Å²) in [4.78, 5) is 11.8. The van der Waals surface area contributed by atoms with E-state index < -0.39 is 5.97 Å². The zero-order valence-electron chi connectivity index (χ0n) is 14.7. The number of thioether (sulfide) groups is 1. The van der Waals surface area contributed by atoms with E-state index in [2.05, 4.69) is 13.0 Å². The summed E-state index contributed by atoms with van der Waals surface area (Å²) in [5, 5.41) is 8.77. The zero-order valence-corrected chi connectivity index (χ0v) is 15.5. The molecule has 0 saturated heterocycles. The van der Waals surface area contributed by atoms with Crippen LogP contribution in [0.1, 0.15) is 31.7 Å². The first-order chi connectivity index (χ1) is 12.1. The lowest BCUT2D eigenvalue weighted by Crippen LogP contribution is -1.90. The number of hydrogen-bond acceptors (Lipinski definition) is 3. The second-order valence-electron chi connectivity index (χ2n) is 5.72. The van der Waals surface area contributed by atoms with Crippen molar-refractivity contribution in [2.45, 2.75) is 31.1 Å². The van der Waals surface area contributed by atoms with Crippen LogP contribution in [0.3, 0.4) is 0 Å². The smallest absolute Gasteiger partial charge is 0.328 e. The van der Waals surface area contributed by atoms with Crippen LogP contribution in [0.5, 0.6) is 5.75 Å². The SMILES string of the molecule is CCCCCSc1cc(-c2cccc(/C=C/C(=O)O)c2)ccc1OC. The van der Waals surface area contributed by atoms with Crippen LogP contribution in [-0.2, 0) is 4.79 Å². The Hall–Kier alpha value is -2.20. The second-order valence-corrected chi connectivity index (χ2v) is 6.85. The first-order valence-corrected chi connectivity index (χ1v) is 9.45. The molecule has 0 bridgehead atoms. The van der Waals surface area contributed by atoms with Gasteiger partial charge >= 0.3 is 5.97 Å². The molecule has 0 spiro atoms. The topological polar surface area (TPSA) is 46.5 Å². The van der Waals surface area contributed by atoms with Crippen LogP contribution in [0.15, 0.2) is 53.4 Å². The highest BCUT2D eigenvalue weighted by Crippen LogP contribution is 2.34. The van der Waals surface area contributed by atoms with Crippen molar-refractivity contribution in [3.8, 4) is 16.9 Å². The number of benzene rings is 2. The van der Waals surface area contributed by atoms with Crippen molar-refractivity contribution in [3.63, 3.8) is 0 Å². The molecule has 0 fully saturated rings. The molecule has 0 radical (unpaired) electrons. The quantitative estimate of drug-likeness (QED) is 0.353. The first-order valence-electron chi connectivity index (χ1n) is 8.46. The van der Waals surface area contributed by atoms with Crippen LogP contribution in [0.4, 0.5) is 0 Å².